The monoisotopic (exact) mass is 460 g/mol. The number of para-hydroxylation sites is 1. The highest BCUT2D eigenvalue weighted by molar-refractivity contribution is 7.89. The minimum atomic E-state index is -4.06. The van der Waals surface area contributed by atoms with E-state index in [4.69, 9.17) is 4.74 Å². The van der Waals surface area contributed by atoms with Crippen LogP contribution in [0.3, 0.4) is 0 Å². The predicted octanol–water partition coefficient (Wildman–Crippen LogP) is 3.13. The van der Waals surface area contributed by atoms with Crippen LogP contribution in [0.4, 0.5) is 10.1 Å². The normalized spacial score (nSPS) is 18.9. The van der Waals surface area contributed by atoms with Crippen LogP contribution >= 0.6 is 0 Å². The smallest absolute Gasteiger partial charge is 0.338 e. The lowest BCUT2D eigenvalue weighted by Gasteiger charge is -2.26. The maximum absolute atomic E-state index is 14.4. The Balaban J connectivity index is 1.47. The van der Waals surface area contributed by atoms with Gasteiger partial charge in [0.25, 0.3) is 5.91 Å². The standard InChI is InChI=1S/C23H25FN2O5S/c1-16-13-17-7-3-4-8-20(17)26(16)22(27)15-31-23(28)18-9-10-19(24)21(14-18)32(29,30)25-11-5-2-6-12-25/h3-4,7-10,14,16H,2,5-6,11-13,15H2,1H3. The van der Waals surface area contributed by atoms with E-state index in [0.29, 0.717) is 32.4 Å². The van der Waals surface area contributed by atoms with Crippen LogP contribution in [0.1, 0.15) is 42.1 Å². The van der Waals surface area contributed by atoms with Crippen LogP contribution in [0.2, 0.25) is 0 Å². The number of ether oxygens (including phenoxy) is 1. The molecule has 1 fully saturated rings. The molecule has 9 heteroatoms. The lowest BCUT2D eigenvalue weighted by molar-refractivity contribution is -0.122. The highest BCUT2D eigenvalue weighted by Crippen LogP contribution is 2.32. The third-order valence-electron chi connectivity index (χ3n) is 5.90. The summed E-state index contributed by atoms with van der Waals surface area (Å²) < 4.78 is 46.5. The number of halogens is 1. The molecule has 0 aliphatic carbocycles. The number of fused-ring (bicyclic) bond motifs is 1. The number of anilines is 1. The van der Waals surface area contributed by atoms with E-state index in [1.165, 1.54) is 4.31 Å². The highest BCUT2D eigenvalue weighted by Gasteiger charge is 2.32. The Hall–Kier alpha value is -2.78. The summed E-state index contributed by atoms with van der Waals surface area (Å²) in [6.07, 6.45) is 3.06. The average Bonchev–Trinajstić information content (AvgIpc) is 3.13. The van der Waals surface area contributed by atoms with E-state index in [2.05, 4.69) is 0 Å². The molecule has 0 N–H and O–H groups in total. The number of rotatable bonds is 5. The number of amides is 1. The summed E-state index contributed by atoms with van der Waals surface area (Å²) in [5, 5.41) is 0. The van der Waals surface area contributed by atoms with Crippen LogP contribution in [0.5, 0.6) is 0 Å². The van der Waals surface area contributed by atoms with E-state index < -0.39 is 33.3 Å². The van der Waals surface area contributed by atoms with Crippen LogP contribution in [0.25, 0.3) is 0 Å². The number of benzene rings is 2. The van der Waals surface area contributed by atoms with Crippen molar-refractivity contribution in [1.82, 2.24) is 4.31 Å². The third-order valence-corrected chi connectivity index (χ3v) is 7.82. The number of esters is 1. The summed E-state index contributed by atoms with van der Waals surface area (Å²) in [5.41, 5.74) is 1.72. The molecule has 0 radical (unpaired) electrons. The zero-order valence-corrected chi connectivity index (χ0v) is 18.6. The third kappa shape index (κ3) is 4.27. The molecule has 170 valence electrons. The van der Waals surface area contributed by atoms with Gasteiger partial charge in [-0.2, -0.15) is 4.31 Å². The number of hydrogen-bond donors (Lipinski definition) is 0. The van der Waals surface area contributed by atoms with Gasteiger partial charge in [0.1, 0.15) is 10.7 Å². The quantitative estimate of drug-likeness (QED) is 0.640. The summed E-state index contributed by atoms with van der Waals surface area (Å²) in [7, 11) is -4.06. The van der Waals surface area contributed by atoms with Crippen molar-refractivity contribution >= 4 is 27.6 Å². The Bertz CT molecular complexity index is 1140. The second-order valence-corrected chi connectivity index (χ2v) is 10.0. The number of carbonyl (C=O) groups is 2. The molecule has 1 unspecified atom stereocenters. The first kappa shape index (κ1) is 22.4. The van der Waals surface area contributed by atoms with Crippen molar-refractivity contribution in [1.29, 1.82) is 0 Å². The van der Waals surface area contributed by atoms with E-state index in [1.54, 1.807) is 4.90 Å². The van der Waals surface area contributed by atoms with Crippen molar-refractivity contribution in [3.05, 3.63) is 59.4 Å². The van der Waals surface area contributed by atoms with Gasteiger partial charge in [-0.05, 0) is 56.0 Å². The topological polar surface area (TPSA) is 84.0 Å². The Morgan fingerprint density at radius 3 is 2.56 bits per heavy atom. The van der Waals surface area contributed by atoms with Crippen molar-refractivity contribution in [3.8, 4) is 0 Å². The van der Waals surface area contributed by atoms with Crippen molar-refractivity contribution in [3.63, 3.8) is 0 Å². The van der Waals surface area contributed by atoms with E-state index in [1.807, 2.05) is 31.2 Å². The molecule has 0 saturated carbocycles. The molecule has 2 aliphatic rings. The summed E-state index contributed by atoms with van der Waals surface area (Å²) in [6.45, 7) is 2.06. The van der Waals surface area contributed by atoms with Crippen molar-refractivity contribution in [2.45, 2.75) is 43.5 Å². The Morgan fingerprint density at radius 2 is 1.81 bits per heavy atom. The van der Waals surface area contributed by atoms with Gasteiger partial charge in [-0.3, -0.25) is 4.79 Å². The molecule has 1 atom stereocenters. The number of carbonyl (C=O) groups excluding carboxylic acids is 2. The van der Waals surface area contributed by atoms with Crippen LogP contribution in [0, 0.1) is 5.82 Å². The Labute approximate surface area is 186 Å². The fourth-order valence-electron chi connectivity index (χ4n) is 4.30. The first-order valence-corrected chi connectivity index (χ1v) is 12.1. The van der Waals surface area contributed by atoms with Gasteiger partial charge in [0.15, 0.2) is 6.61 Å². The van der Waals surface area contributed by atoms with Gasteiger partial charge in [0, 0.05) is 24.8 Å². The maximum Gasteiger partial charge on any atom is 0.338 e. The molecular weight excluding hydrogens is 435 g/mol. The number of sulfonamides is 1. The second-order valence-electron chi connectivity index (χ2n) is 8.13. The van der Waals surface area contributed by atoms with Crippen molar-refractivity contribution in [2.75, 3.05) is 24.6 Å². The minimum Gasteiger partial charge on any atom is -0.452 e. The van der Waals surface area contributed by atoms with Crippen molar-refractivity contribution < 1.29 is 27.1 Å². The zero-order chi connectivity index (χ0) is 22.9. The molecule has 0 bridgehead atoms. The van der Waals surface area contributed by atoms with Gasteiger partial charge in [-0.15, -0.1) is 0 Å². The minimum absolute atomic E-state index is 0.0642. The Morgan fingerprint density at radius 1 is 1.09 bits per heavy atom. The fraction of sp³-hybridized carbons (Fsp3) is 0.391. The van der Waals surface area contributed by atoms with Gasteiger partial charge in [0.05, 0.1) is 5.56 Å². The second kappa shape index (κ2) is 8.99. The highest BCUT2D eigenvalue weighted by atomic mass is 32.2. The van der Waals surface area contributed by atoms with Gasteiger partial charge in [0.2, 0.25) is 10.0 Å². The van der Waals surface area contributed by atoms with Crippen LogP contribution < -0.4 is 4.90 Å². The summed E-state index contributed by atoms with van der Waals surface area (Å²) in [4.78, 5) is 26.3. The summed E-state index contributed by atoms with van der Waals surface area (Å²) in [5.74, 6) is -2.18. The van der Waals surface area contributed by atoms with Gasteiger partial charge in [-0.1, -0.05) is 24.6 Å². The fourth-order valence-corrected chi connectivity index (χ4v) is 5.91. The maximum atomic E-state index is 14.4. The van der Waals surface area contributed by atoms with Gasteiger partial charge < -0.3 is 9.64 Å². The van der Waals surface area contributed by atoms with E-state index in [9.17, 15) is 22.4 Å². The first-order chi connectivity index (χ1) is 15.3. The molecule has 4 rings (SSSR count). The largest absolute Gasteiger partial charge is 0.452 e. The molecule has 0 aromatic heterocycles. The lowest BCUT2D eigenvalue weighted by Crippen LogP contribution is -2.38. The van der Waals surface area contributed by atoms with Gasteiger partial charge >= 0.3 is 5.97 Å². The number of piperidine rings is 1. The predicted molar refractivity (Wildman–Crippen MR) is 116 cm³/mol. The SMILES string of the molecule is CC1Cc2ccccc2N1C(=O)COC(=O)c1ccc(F)c(S(=O)(=O)N2CCCCC2)c1. The molecular formula is C23H25FN2O5S. The van der Waals surface area contributed by atoms with Gasteiger partial charge in [-0.25, -0.2) is 17.6 Å². The molecule has 32 heavy (non-hydrogen) atoms. The van der Waals surface area contributed by atoms with E-state index in [-0.39, 0.29) is 17.5 Å². The first-order valence-electron chi connectivity index (χ1n) is 10.7. The summed E-state index contributed by atoms with van der Waals surface area (Å²) in [6, 6.07) is 10.6. The molecule has 0 spiro atoms. The molecule has 2 heterocycles. The molecule has 2 aromatic carbocycles. The van der Waals surface area contributed by atoms with Crippen molar-refractivity contribution in [2.24, 2.45) is 0 Å². The van der Waals surface area contributed by atoms with E-state index in [0.717, 1.165) is 35.9 Å². The molecule has 7 nitrogen and oxygen atoms in total. The molecule has 2 aliphatic heterocycles. The van der Waals surface area contributed by atoms with Crippen LogP contribution in [-0.2, 0) is 26.0 Å². The number of nitrogens with zero attached hydrogens (tertiary/aromatic N) is 2. The Kier molecular flexibility index (Phi) is 6.30. The van der Waals surface area contributed by atoms with Crippen LogP contribution in [0.15, 0.2) is 47.4 Å². The zero-order valence-electron chi connectivity index (χ0n) is 17.8. The van der Waals surface area contributed by atoms with E-state index >= 15 is 0 Å². The molecule has 2 aromatic rings. The summed E-state index contributed by atoms with van der Waals surface area (Å²) >= 11 is 0. The average molecular weight is 461 g/mol. The molecule has 1 saturated heterocycles. The molecule has 1 amide bonds. The lowest BCUT2D eigenvalue weighted by atomic mass is 10.1. The van der Waals surface area contributed by atoms with Crippen LogP contribution in [-0.4, -0.2) is 50.3 Å². The number of hydrogen-bond acceptors (Lipinski definition) is 5.